The number of rotatable bonds is 5. The van der Waals surface area contributed by atoms with Crippen LogP contribution in [0.3, 0.4) is 0 Å². The second kappa shape index (κ2) is 9.24. The molecule has 0 aliphatic carbocycles. The van der Waals surface area contributed by atoms with Gasteiger partial charge < -0.3 is 15.8 Å². The number of aromatic nitrogens is 1. The third kappa shape index (κ3) is 4.24. The second-order valence-corrected chi connectivity index (χ2v) is 9.39. The van der Waals surface area contributed by atoms with E-state index in [1.54, 1.807) is 7.11 Å². The second-order valence-electron chi connectivity index (χ2n) is 8.40. The van der Waals surface area contributed by atoms with Crippen LogP contribution in [0.25, 0.3) is 32.6 Å². The van der Waals surface area contributed by atoms with Crippen molar-refractivity contribution in [2.24, 2.45) is 0 Å². The minimum Gasteiger partial charge on any atom is -0.497 e. The molecule has 6 heteroatoms. The number of carbonyl (C=O) groups is 1. The van der Waals surface area contributed by atoms with Gasteiger partial charge in [-0.25, -0.2) is 4.98 Å². The van der Waals surface area contributed by atoms with Crippen molar-refractivity contribution >= 4 is 38.8 Å². The number of carbonyl (C=O) groups excluding carboxylic acids is 1. The molecule has 0 radical (unpaired) electrons. The van der Waals surface area contributed by atoms with Gasteiger partial charge in [0, 0.05) is 16.6 Å². The third-order valence-electron chi connectivity index (χ3n) is 6.10. The van der Waals surface area contributed by atoms with Crippen LogP contribution in [0.2, 0.25) is 0 Å². The summed E-state index contributed by atoms with van der Waals surface area (Å²) in [5.41, 5.74) is 13.6. The van der Waals surface area contributed by atoms with E-state index < -0.39 is 0 Å². The minimum absolute atomic E-state index is 0.232. The average Bonchev–Trinajstić information content (AvgIpc) is 3.22. The van der Waals surface area contributed by atoms with E-state index in [4.69, 9.17) is 15.5 Å². The first-order valence-corrected chi connectivity index (χ1v) is 12.1. The van der Waals surface area contributed by atoms with Crippen molar-refractivity contribution in [2.45, 2.75) is 13.8 Å². The van der Waals surface area contributed by atoms with E-state index in [9.17, 15) is 4.79 Å². The molecule has 0 saturated carbocycles. The number of hydrogen-bond acceptors (Lipinski definition) is 5. The number of pyridine rings is 1. The van der Waals surface area contributed by atoms with Gasteiger partial charge in [-0.3, -0.25) is 4.79 Å². The van der Waals surface area contributed by atoms with Gasteiger partial charge in [-0.15, -0.1) is 11.3 Å². The molecule has 0 unspecified atom stereocenters. The zero-order valence-electron chi connectivity index (χ0n) is 19.8. The molecule has 0 atom stereocenters. The molecular weight excluding hydrogens is 454 g/mol. The van der Waals surface area contributed by atoms with Gasteiger partial charge in [0.15, 0.2) is 0 Å². The number of benzene rings is 3. The number of thiophene rings is 1. The fourth-order valence-electron chi connectivity index (χ4n) is 4.23. The first-order chi connectivity index (χ1) is 17.0. The topological polar surface area (TPSA) is 77.2 Å². The summed E-state index contributed by atoms with van der Waals surface area (Å²) in [5, 5.41) is 3.85. The van der Waals surface area contributed by atoms with Gasteiger partial charge in [0.1, 0.15) is 15.5 Å². The van der Waals surface area contributed by atoms with Crippen LogP contribution in [0.4, 0.5) is 11.4 Å². The Morgan fingerprint density at radius 1 is 0.914 bits per heavy atom. The number of ether oxygens (including phenoxy) is 1. The summed E-state index contributed by atoms with van der Waals surface area (Å²) < 4.78 is 5.33. The summed E-state index contributed by atoms with van der Waals surface area (Å²) in [6.07, 6.45) is 0. The van der Waals surface area contributed by atoms with Crippen molar-refractivity contribution in [1.82, 2.24) is 4.98 Å². The van der Waals surface area contributed by atoms with Gasteiger partial charge in [0.25, 0.3) is 5.91 Å². The van der Waals surface area contributed by atoms with Gasteiger partial charge in [-0.2, -0.15) is 0 Å². The lowest BCUT2D eigenvalue weighted by Gasteiger charge is -2.11. The number of para-hydroxylation sites is 1. The van der Waals surface area contributed by atoms with Crippen LogP contribution in [0.5, 0.6) is 5.75 Å². The first kappa shape index (κ1) is 22.6. The maximum absolute atomic E-state index is 13.4. The van der Waals surface area contributed by atoms with Gasteiger partial charge in [-0.1, -0.05) is 60.7 Å². The summed E-state index contributed by atoms with van der Waals surface area (Å²) >= 11 is 1.32. The molecule has 0 spiro atoms. The van der Waals surface area contributed by atoms with Crippen molar-refractivity contribution in [3.8, 4) is 28.1 Å². The molecule has 5 nitrogen and oxygen atoms in total. The highest BCUT2D eigenvalue weighted by Crippen LogP contribution is 2.42. The maximum atomic E-state index is 13.4. The highest BCUT2D eigenvalue weighted by molar-refractivity contribution is 7.21. The Balaban J connectivity index is 1.67. The number of nitrogen functional groups attached to an aromatic ring is 1. The first-order valence-electron chi connectivity index (χ1n) is 11.3. The Labute approximate surface area is 208 Å². The van der Waals surface area contributed by atoms with Crippen molar-refractivity contribution < 1.29 is 9.53 Å². The zero-order chi connectivity index (χ0) is 24.5. The molecule has 5 rings (SSSR count). The molecule has 174 valence electrons. The van der Waals surface area contributed by atoms with Crippen molar-refractivity contribution in [3.63, 3.8) is 0 Å². The van der Waals surface area contributed by atoms with Crippen molar-refractivity contribution in [2.75, 3.05) is 18.2 Å². The normalized spacial score (nSPS) is 10.9. The number of nitrogens with one attached hydrogen (secondary N) is 1. The average molecular weight is 480 g/mol. The molecule has 1 amide bonds. The Hall–Kier alpha value is -4.16. The van der Waals surface area contributed by atoms with Crippen molar-refractivity contribution in [3.05, 3.63) is 94.9 Å². The molecule has 5 aromatic rings. The van der Waals surface area contributed by atoms with Gasteiger partial charge in [0.2, 0.25) is 0 Å². The molecule has 0 saturated heterocycles. The molecule has 35 heavy (non-hydrogen) atoms. The van der Waals surface area contributed by atoms with E-state index in [0.717, 1.165) is 55.2 Å². The number of hydrogen-bond donors (Lipinski definition) is 2. The predicted octanol–water partition coefficient (Wildman–Crippen LogP) is 7.09. The van der Waals surface area contributed by atoms with Crippen molar-refractivity contribution in [1.29, 1.82) is 0 Å². The van der Waals surface area contributed by atoms with Crippen LogP contribution in [-0.2, 0) is 0 Å². The minimum atomic E-state index is -0.232. The molecule has 0 bridgehead atoms. The number of methoxy groups -OCH3 is 1. The Bertz CT molecular complexity index is 1520. The summed E-state index contributed by atoms with van der Waals surface area (Å²) in [6.45, 7) is 3.96. The van der Waals surface area contributed by atoms with Crippen LogP contribution in [0.1, 0.15) is 20.8 Å². The van der Waals surface area contributed by atoms with E-state index in [1.165, 1.54) is 11.3 Å². The highest BCUT2D eigenvalue weighted by atomic mass is 32.1. The molecule has 2 heterocycles. The Morgan fingerprint density at radius 3 is 2.26 bits per heavy atom. The number of fused-ring (bicyclic) bond motifs is 1. The summed E-state index contributed by atoms with van der Waals surface area (Å²) in [4.78, 5) is 19.5. The highest BCUT2D eigenvalue weighted by Gasteiger charge is 2.22. The van der Waals surface area contributed by atoms with Crippen LogP contribution in [-0.4, -0.2) is 18.0 Å². The van der Waals surface area contributed by atoms with Crippen LogP contribution in [0, 0.1) is 13.8 Å². The van der Waals surface area contributed by atoms with E-state index in [1.807, 2.05) is 92.7 Å². The number of amides is 1. The summed E-state index contributed by atoms with van der Waals surface area (Å²) in [6, 6.07) is 25.8. The third-order valence-corrected chi connectivity index (χ3v) is 7.19. The van der Waals surface area contributed by atoms with Crippen LogP contribution in [0.15, 0.2) is 78.9 Å². The molecule has 3 aromatic carbocycles. The zero-order valence-corrected chi connectivity index (χ0v) is 20.6. The molecule has 0 aliphatic rings. The van der Waals surface area contributed by atoms with Gasteiger partial charge in [0.05, 0.1) is 18.5 Å². The summed E-state index contributed by atoms with van der Waals surface area (Å²) in [7, 11) is 1.64. The number of aryl methyl sites for hydroxylation is 2. The lowest BCUT2D eigenvalue weighted by molar-refractivity contribution is 0.103. The van der Waals surface area contributed by atoms with Crippen LogP contribution < -0.4 is 15.8 Å². The maximum Gasteiger partial charge on any atom is 0.267 e. The lowest BCUT2D eigenvalue weighted by Crippen LogP contribution is -2.13. The Kier molecular flexibility index (Phi) is 5.97. The SMILES string of the molecule is COc1ccc(-c2cc(-c3ccccc3)nc3sc(C(=O)Nc4c(C)cccc4C)c(N)c23)cc1. The van der Waals surface area contributed by atoms with Gasteiger partial charge >= 0.3 is 0 Å². The smallest absolute Gasteiger partial charge is 0.267 e. The lowest BCUT2D eigenvalue weighted by atomic mass is 9.99. The molecular formula is C29H25N3O2S. The van der Waals surface area contributed by atoms with E-state index >= 15 is 0 Å². The molecule has 0 aliphatic heterocycles. The monoisotopic (exact) mass is 479 g/mol. The Morgan fingerprint density at radius 2 is 1.60 bits per heavy atom. The molecule has 3 N–H and O–H groups in total. The molecule has 0 fully saturated rings. The quantitative estimate of drug-likeness (QED) is 0.282. The number of nitrogens with two attached hydrogens (primary N) is 1. The van der Waals surface area contributed by atoms with E-state index in [-0.39, 0.29) is 5.91 Å². The molecule has 2 aromatic heterocycles. The van der Waals surface area contributed by atoms with E-state index in [0.29, 0.717) is 10.6 Å². The largest absolute Gasteiger partial charge is 0.497 e. The van der Waals surface area contributed by atoms with Crippen LogP contribution >= 0.6 is 11.3 Å². The standard InChI is InChI=1S/C29H25N3O2S/c1-17-8-7-9-18(2)26(17)32-28(33)27-25(30)24-22(19-12-14-21(34-3)15-13-19)16-23(31-29(24)35-27)20-10-5-4-6-11-20/h4-16H,30H2,1-3H3,(H,32,33). The number of anilines is 2. The predicted molar refractivity (Wildman–Crippen MR) is 145 cm³/mol. The fraction of sp³-hybridized carbons (Fsp3) is 0.103. The number of nitrogens with zero attached hydrogens (tertiary/aromatic N) is 1. The summed E-state index contributed by atoms with van der Waals surface area (Å²) in [5.74, 6) is 0.541. The fourth-order valence-corrected chi connectivity index (χ4v) is 5.24. The van der Waals surface area contributed by atoms with Gasteiger partial charge in [-0.05, 0) is 54.3 Å². The van der Waals surface area contributed by atoms with E-state index in [2.05, 4.69) is 5.32 Å².